The van der Waals surface area contributed by atoms with Gasteiger partial charge in [-0.15, -0.1) is 0 Å². The van der Waals surface area contributed by atoms with Gasteiger partial charge in [0.2, 0.25) is 0 Å². The maximum absolute atomic E-state index is 12.6. The second kappa shape index (κ2) is 6.69. The third-order valence-electron chi connectivity index (χ3n) is 3.63. The highest BCUT2D eigenvalue weighted by Crippen LogP contribution is 2.25. The Hall–Kier alpha value is -1.55. The van der Waals surface area contributed by atoms with Crippen LogP contribution in [0.25, 0.3) is 0 Å². The van der Waals surface area contributed by atoms with E-state index in [0.29, 0.717) is 35.3 Å². The molecule has 114 valence electrons. The molecule has 1 atom stereocenters. The van der Waals surface area contributed by atoms with Gasteiger partial charge in [0.15, 0.2) is 0 Å². The second-order valence-corrected chi connectivity index (χ2v) is 6.05. The molecule has 0 radical (unpaired) electrons. The average Bonchev–Trinajstić information content (AvgIpc) is 2.54. The Morgan fingerprint density at radius 3 is 2.45 bits per heavy atom. The Kier molecular flexibility index (Phi) is 4.67. The van der Waals surface area contributed by atoms with Crippen LogP contribution in [-0.4, -0.2) is 30.5 Å². The fourth-order valence-corrected chi connectivity index (χ4v) is 3.09. The van der Waals surface area contributed by atoms with Crippen molar-refractivity contribution >= 4 is 29.1 Å². The van der Waals surface area contributed by atoms with Gasteiger partial charge in [0.1, 0.15) is 6.10 Å². The van der Waals surface area contributed by atoms with Crippen molar-refractivity contribution in [3.8, 4) is 0 Å². The van der Waals surface area contributed by atoms with Crippen LogP contribution in [0.1, 0.15) is 22.0 Å². The standard InChI is InChI=1S/C17H15Cl2NO2/c18-14-8-13(9-15(19)10-14)17(21)20-6-7-22-16(11-20)12-4-2-1-3-5-12/h1-5,8-10,16H,6-7,11H2. The van der Waals surface area contributed by atoms with Crippen molar-refractivity contribution in [2.75, 3.05) is 19.7 Å². The lowest BCUT2D eigenvalue weighted by Gasteiger charge is -2.33. The normalized spacial score (nSPS) is 18.3. The van der Waals surface area contributed by atoms with E-state index in [2.05, 4.69) is 0 Å². The molecule has 5 heteroatoms. The van der Waals surface area contributed by atoms with E-state index in [1.165, 1.54) is 0 Å². The summed E-state index contributed by atoms with van der Waals surface area (Å²) in [5, 5.41) is 0.924. The highest BCUT2D eigenvalue weighted by atomic mass is 35.5. The summed E-state index contributed by atoms with van der Waals surface area (Å²) in [6.45, 7) is 1.60. The van der Waals surface area contributed by atoms with Gasteiger partial charge in [-0.05, 0) is 23.8 Å². The summed E-state index contributed by atoms with van der Waals surface area (Å²) >= 11 is 12.0. The summed E-state index contributed by atoms with van der Waals surface area (Å²) < 4.78 is 5.78. The maximum Gasteiger partial charge on any atom is 0.254 e. The van der Waals surface area contributed by atoms with Crippen LogP contribution in [0, 0.1) is 0 Å². The molecule has 1 unspecified atom stereocenters. The molecule has 1 heterocycles. The van der Waals surface area contributed by atoms with Crippen molar-refractivity contribution in [1.82, 2.24) is 4.90 Å². The molecule has 0 aromatic heterocycles. The summed E-state index contributed by atoms with van der Waals surface area (Å²) in [5.74, 6) is -0.0753. The Bertz CT molecular complexity index is 655. The first kappa shape index (κ1) is 15.3. The number of hydrogen-bond acceptors (Lipinski definition) is 2. The highest BCUT2D eigenvalue weighted by Gasteiger charge is 2.26. The van der Waals surface area contributed by atoms with Crippen LogP contribution in [0.15, 0.2) is 48.5 Å². The van der Waals surface area contributed by atoms with E-state index in [9.17, 15) is 4.79 Å². The fraction of sp³-hybridized carbons (Fsp3) is 0.235. The van der Waals surface area contributed by atoms with Gasteiger partial charge >= 0.3 is 0 Å². The molecule has 1 saturated heterocycles. The third kappa shape index (κ3) is 3.43. The van der Waals surface area contributed by atoms with Crippen molar-refractivity contribution in [1.29, 1.82) is 0 Å². The number of carbonyl (C=O) groups is 1. The molecule has 3 nitrogen and oxygen atoms in total. The molecule has 2 aromatic rings. The van der Waals surface area contributed by atoms with Crippen LogP contribution in [0.3, 0.4) is 0 Å². The summed E-state index contributed by atoms with van der Waals surface area (Å²) in [5.41, 5.74) is 1.58. The van der Waals surface area contributed by atoms with Crippen LogP contribution in [0.5, 0.6) is 0 Å². The third-order valence-corrected chi connectivity index (χ3v) is 4.07. The summed E-state index contributed by atoms with van der Waals surface area (Å²) in [6.07, 6.45) is -0.103. The van der Waals surface area contributed by atoms with E-state index < -0.39 is 0 Å². The molecule has 0 bridgehead atoms. The number of ether oxygens (including phenoxy) is 1. The molecule has 22 heavy (non-hydrogen) atoms. The molecule has 0 saturated carbocycles. The SMILES string of the molecule is O=C(c1cc(Cl)cc(Cl)c1)N1CCOC(c2ccccc2)C1. The number of halogens is 2. The van der Waals surface area contributed by atoms with Crippen molar-refractivity contribution in [3.63, 3.8) is 0 Å². The highest BCUT2D eigenvalue weighted by molar-refractivity contribution is 6.35. The van der Waals surface area contributed by atoms with Crippen molar-refractivity contribution in [2.45, 2.75) is 6.10 Å². The lowest BCUT2D eigenvalue weighted by atomic mass is 10.1. The molecule has 0 aliphatic carbocycles. The Morgan fingerprint density at radius 1 is 1.09 bits per heavy atom. The molecule has 1 amide bonds. The van der Waals surface area contributed by atoms with Gasteiger partial charge in [0, 0.05) is 22.2 Å². The lowest BCUT2D eigenvalue weighted by molar-refractivity contribution is -0.0228. The zero-order valence-corrected chi connectivity index (χ0v) is 13.3. The van der Waals surface area contributed by atoms with Crippen molar-refractivity contribution in [3.05, 3.63) is 69.7 Å². The number of morpholine rings is 1. The largest absolute Gasteiger partial charge is 0.370 e. The minimum Gasteiger partial charge on any atom is -0.370 e. The Labute approximate surface area is 139 Å². The number of rotatable bonds is 2. The minimum atomic E-state index is -0.103. The molecule has 0 spiro atoms. The zero-order valence-electron chi connectivity index (χ0n) is 11.8. The molecule has 0 N–H and O–H groups in total. The van der Waals surface area contributed by atoms with Gasteiger partial charge in [-0.3, -0.25) is 4.79 Å². The topological polar surface area (TPSA) is 29.5 Å². The molecule has 2 aromatic carbocycles. The van der Waals surface area contributed by atoms with E-state index >= 15 is 0 Å². The van der Waals surface area contributed by atoms with E-state index in [-0.39, 0.29) is 12.0 Å². The van der Waals surface area contributed by atoms with Gasteiger partial charge in [-0.25, -0.2) is 0 Å². The quantitative estimate of drug-likeness (QED) is 0.822. The van der Waals surface area contributed by atoms with Crippen LogP contribution in [-0.2, 0) is 4.74 Å². The predicted molar refractivity (Wildman–Crippen MR) is 87.5 cm³/mol. The summed E-state index contributed by atoms with van der Waals surface area (Å²) in [6, 6.07) is 14.8. The van der Waals surface area contributed by atoms with E-state index in [1.807, 2.05) is 30.3 Å². The van der Waals surface area contributed by atoms with Gasteiger partial charge in [-0.1, -0.05) is 53.5 Å². The molecular weight excluding hydrogens is 321 g/mol. The van der Waals surface area contributed by atoms with E-state index in [0.717, 1.165) is 5.56 Å². The number of carbonyl (C=O) groups excluding carboxylic acids is 1. The van der Waals surface area contributed by atoms with Gasteiger partial charge in [-0.2, -0.15) is 0 Å². The number of nitrogens with zero attached hydrogens (tertiary/aromatic N) is 1. The van der Waals surface area contributed by atoms with Gasteiger partial charge in [0.25, 0.3) is 5.91 Å². The number of amides is 1. The summed E-state index contributed by atoms with van der Waals surface area (Å²) in [7, 11) is 0. The molecule has 1 fully saturated rings. The smallest absolute Gasteiger partial charge is 0.254 e. The minimum absolute atomic E-state index is 0.0753. The van der Waals surface area contributed by atoms with E-state index in [1.54, 1.807) is 23.1 Å². The first-order valence-electron chi connectivity index (χ1n) is 7.05. The van der Waals surface area contributed by atoms with Crippen molar-refractivity contribution < 1.29 is 9.53 Å². The monoisotopic (exact) mass is 335 g/mol. The first-order valence-corrected chi connectivity index (χ1v) is 7.81. The molecular formula is C17H15Cl2NO2. The van der Waals surface area contributed by atoms with Crippen molar-refractivity contribution in [2.24, 2.45) is 0 Å². The molecule has 1 aliphatic rings. The fourth-order valence-electron chi connectivity index (χ4n) is 2.56. The summed E-state index contributed by atoms with van der Waals surface area (Å²) in [4.78, 5) is 14.4. The van der Waals surface area contributed by atoms with Crippen LogP contribution in [0.2, 0.25) is 10.0 Å². The Balaban J connectivity index is 1.78. The van der Waals surface area contributed by atoms with Gasteiger partial charge < -0.3 is 9.64 Å². The number of benzene rings is 2. The predicted octanol–water partition coefficient (Wildman–Crippen LogP) is 4.21. The van der Waals surface area contributed by atoms with Crippen LogP contribution < -0.4 is 0 Å². The second-order valence-electron chi connectivity index (χ2n) is 5.18. The molecule has 1 aliphatic heterocycles. The lowest BCUT2D eigenvalue weighted by Crippen LogP contribution is -2.42. The first-order chi connectivity index (χ1) is 10.6. The number of hydrogen-bond donors (Lipinski definition) is 0. The Morgan fingerprint density at radius 2 is 1.77 bits per heavy atom. The van der Waals surface area contributed by atoms with Gasteiger partial charge in [0.05, 0.1) is 13.2 Å². The zero-order chi connectivity index (χ0) is 15.5. The maximum atomic E-state index is 12.6. The van der Waals surface area contributed by atoms with Crippen LogP contribution >= 0.6 is 23.2 Å². The molecule has 3 rings (SSSR count). The average molecular weight is 336 g/mol. The van der Waals surface area contributed by atoms with Crippen LogP contribution in [0.4, 0.5) is 0 Å². The van der Waals surface area contributed by atoms with E-state index in [4.69, 9.17) is 27.9 Å².